The molecule has 112 valence electrons. The number of halogens is 2. The molecule has 0 aliphatic carbocycles. The average molecular weight is 340 g/mol. The minimum absolute atomic E-state index is 0.0233. The molecule has 1 N–H and O–H groups in total. The first-order valence-electron chi connectivity index (χ1n) is 5.97. The van der Waals surface area contributed by atoms with Crippen molar-refractivity contribution in [2.75, 3.05) is 17.1 Å². The van der Waals surface area contributed by atoms with Crippen molar-refractivity contribution in [1.29, 1.82) is 0 Å². The minimum atomic E-state index is -3.52. The van der Waals surface area contributed by atoms with Gasteiger partial charge in [0.05, 0.1) is 28.6 Å². The fourth-order valence-electron chi connectivity index (χ4n) is 1.51. The number of hydrogen-bond donors (Lipinski definition) is 1. The van der Waals surface area contributed by atoms with Gasteiger partial charge in [0.2, 0.25) is 10.0 Å². The van der Waals surface area contributed by atoms with Crippen molar-refractivity contribution in [3.05, 3.63) is 27.7 Å². The van der Waals surface area contributed by atoms with Crippen LogP contribution in [0, 0.1) is 0 Å². The fourth-order valence-corrected chi connectivity index (χ4v) is 3.15. The van der Waals surface area contributed by atoms with Crippen molar-refractivity contribution >= 4 is 44.9 Å². The number of carbonyl (C=O) groups excluding carboxylic acids is 1. The van der Waals surface area contributed by atoms with Gasteiger partial charge in [-0.1, -0.05) is 30.1 Å². The molecule has 1 aromatic rings. The summed E-state index contributed by atoms with van der Waals surface area (Å²) in [6.07, 6.45) is 0.457. The molecule has 0 unspecified atom stereocenters. The Balaban J connectivity index is 3.19. The Hall–Kier alpha value is -0.980. The molecule has 0 radical (unpaired) electrons. The Morgan fingerprint density at radius 2 is 1.95 bits per heavy atom. The van der Waals surface area contributed by atoms with E-state index in [2.05, 4.69) is 4.72 Å². The molecule has 20 heavy (non-hydrogen) atoms. The van der Waals surface area contributed by atoms with Gasteiger partial charge in [-0.25, -0.2) is 13.2 Å². The molecule has 0 fully saturated rings. The molecule has 0 bridgehead atoms. The van der Waals surface area contributed by atoms with Crippen LogP contribution in [0.25, 0.3) is 0 Å². The summed E-state index contributed by atoms with van der Waals surface area (Å²) < 4.78 is 30.6. The van der Waals surface area contributed by atoms with E-state index in [0.717, 1.165) is 0 Å². The third-order valence-electron chi connectivity index (χ3n) is 2.27. The van der Waals surface area contributed by atoms with Crippen LogP contribution in [0.1, 0.15) is 30.6 Å². The van der Waals surface area contributed by atoms with Crippen molar-refractivity contribution < 1.29 is 17.9 Å². The highest BCUT2D eigenvalue weighted by molar-refractivity contribution is 7.92. The number of sulfonamides is 1. The summed E-state index contributed by atoms with van der Waals surface area (Å²) >= 11 is 11.9. The Kier molecular flexibility index (Phi) is 6.10. The Morgan fingerprint density at radius 1 is 1.30 bits per heavy atom. The van der Waals surface area contributed by atoms with Crippen LogP contribution in [-0.4, -0.2) is 26.7 Å². The van der Waals surface area contributed by atoms with Crippen molar-refractivity contribution in [1.82, 2.24) is 0 Å². The summed E-state index contributed by atoms with van der Waals surface area (Å²) in [5, 5.41) is 0.152. The van der Waals surface area contributed by atoms with Gasteiger partial charge in [-0.15, -0.1) is 0 Å². The molecule has 8 heteroatoms. The second kappa shape index (κ2) is 7.15. The normalized spacial score (nSPS) is 11.2. The Bertz CT molecular complexity index is 602. The number of ether oxygens (including phenoxy) is 1. The summed E-state index contributed by atoms with van der Waals surface area (Å²) in [6, 6.07) is 2.68. The van der Waals surface area contributed by atoms with Crippen LogP contribution in [0.3, 0.4) is 0 Å². The van der Waals surface area contributed by atoms with Crippen LogP contribution in [0.2, 0.25) is 10.0 Å². The third kappa shape index (κ3) is 4.54. The number of nitrogens with one attached hydrogen (secondary N) is 1. The zero-order valence-electron chi connectivity index (χ0n) is 11.1. The lowest BCUT2D eigenvalue weighted by molar-refractivity contribution is 0.0526. The maximum Gasteiger partial charge on any atom is 0.339 e. The van der Waals surface area contributed by atoms with Gasteiger partial charge in [-0.2, -0.15) is 0 Å². The Morgan fingerprint density at radius 3 is 2.50 bits per heavy atom. The highest BCUT2D eigenvalue weighted by Crippen LogP contribution is 2.31. The predicted octanol–water partition coefficient (Wildman–Crippen LogP) is 3.32. The quantitative estimate of drug-likeness (QED) is 0.807. The standard InChI is InChI=1S/C12H15Cl2NO4S/c1-3-5-20(17,18)15-10-7-8(13)6-9(11(10)14)12(16)19-4-2/h6-7,15H,3-5H2,1-2H3. The van der Waals surface area contributed by atoms with E-state index < -0.39 is 16.0 Å². The van der Waals surface area contributed by atoms with Gasteiger partial charge in [-0.05, 0) is 25.5 Å². The van der Waals surface area contributed by atoms with Crippen molar-refractivity contribution in [2.24, 2.45) is 0 Å². The monoisotopic (exact) mass is 339 g/mol. The van der Waals surface area contributed by atoms with Gasteiger partial charge in [-0.3, -0.25) is 4.72 Å². The number of anilines is 1. The van der Waals surface area contributed by atoms with Crippen LogP contribution >= 0.6 is 23.2 Å². The van der Waals surface area contributed by atoms with E-state index in [1.807, 2.05) is 0 Å². The van der Waals surface area contributed by atoms with Crippen LogP contribution in [0.5, 0.6) is 0 Å². The molecule has 0 aromatic heterocycles. The summed E-state index contributed by atoms with van der Waals surface area (Å²) in [5.41, 5.74) is 0.0888. The molecule has 0 atom stereocenters. The number of hydrogen-bond acceptors (Lipinski definition) is 4. The molecule has 0 aliphatic rings. The molecular weight excluding hydrogens is 325 g/mol. The van der Waals surface area contributed by atoms with E-state index >= 15 is 0 Å². The predicted molar refractivity (Wildman–Crippen MR) is 80.1 cm³/mol. The molecule has 0 heterocycles. The zero-order chi connectivity index (χ0) is 15.3. The van der Waals surface area contributed by atoms with Crippen LogP contribution in [0.4, 0.5) is 5.69 Å². The summed E-state index contributed by atoms with van der Waals surface area (Å²) in [5.74, 6) is -0.708. The first-order chi connectivity index (χ1) is 9.30. The van der Waals surface area contributed by atoms with E-state index in [0.29, 0.717) is 6.42 Å². The van der Waals surface area contributed by atoms with E-state index in [1.165, 1.54) is 12.1 Å². The van der Waals surface area contributed by atoms with Gasteiger partial charge in [0.15, 0.2) is 0 Å². The van der Waals surface area contributed by atoms with Crippen molar-refractivity contribution in [2.45, 2.75) is 20.3 Å². The summed E-state index contributed by atoms with van der Waals surface area (Å²) in [7, 11) is -3.52. The maximum absolute atomic E-state index is 11.7. The molecule has 0 amide bonds. The minimum Gasteiger partial charge on any atom is -0.462 e. The molecule has 1 aromatic carbocycles. The molecule has 0 saturated carbocycles. The van der Waals surface area contributed by atoms with Gasteiger partial charge in [0, 0.05) is 5.02 Å². The highest BCUT2D eigenvalue weighted by atomic mass is 35.5. The molecule has 5 nitrogen and oxygen atoms in total. The first-order valence-corrected chi connectivity index (χ1v) is 8.38. The number of esters is 1. The first kappa shape index (κ1) is 17.1. The van der Waals surface area contributed by atoms with Crippen LogP contribution in [-0.2, 0) is 14.8 Å². The SMILES string of the molecule is CCCS(=O)(=O)Nc1cc(Cl)cc(C(=O)OCC)c1Cl. The van der Waals surface area contributed by atoms with Crippen LogP contribution in [0.15, 0.2) is 12.1 Å². The molecule has 1 rings (SSSR count). The van der Waals surface area contributed by atoms with Crippen molar-refractivity contribution in [3.63, 3.8) is 0 Å². The number of rotatable bonds is 6. The molecule has 0 spiro atoms. The van der Waals surface area contributed by atoms with Crippen molar-refractivity contribution in [3.8, 4) is 0 Å². The number of carbonyl (C=O) groups is 1. The van der Waals surface area contributed by atoms with E-state index in [-0.39, 0.29) is 33.7 Å². The number of benzene rings is 1. The lowest BCUT2D eigenvalue weighted by Crippen LogP contribution is -2.17. The van der Waals surface area contributed by atoms with Gasteiger partial charge < -0.3 is 4.74 Å². The summed E-state index contributed by atoms with van der Waals surface area (Å²) in [6.45, 7) is 3.57. The average Bonchev–Trinajstić information content (AvgIpc) is 2.33. The maximum atomic E-state index is 11.7. The highest BCUT2D eigenvalue weighted by Gasteiger charge is 2.19. The molecule has 0 saturated heterocycles. The fraction of sp³-hybridized carbons (Fsp3) is 0.417. The third-order valence-corrected chi connectivity index (χ3v) is 4.37. The smallest absolute Gasteiger partial charge is 0.339 e. The Labute approximate surface area is 128 Å². The second-order valence-electron chi connectivity index (χ2n) is 3.96. The van der Waals surface area contributed by atoms with Gasteiger partial charge in [0.1, 0.15) is 0 Å². The van der Waals surface area contributed by atoms with Gasteiger partial charge >= 0.3 is 5.97 Å². The van der Waals surface area contributed by atoms with E-state index in [4.69, 9.17) is 27.9 Å². The zero-order valence-corrected chi connectivity index (χ0v) is 13.4. The van der Waals surface area contributed by atoms with Gasteiger partial charge in [0.25, 0.3) is 0 Å². The lowest BCUT2D eigenvalue weighted by atomic mass is 10.2. The van der Waals surface area contributed by atoms with Crippen LogP contribution < -0.4 is 4.72 Å². The molecule has 0 aliphatic heterocycles. The van der Waals surface area contributed by atoms with E-state index in [9.17, 15) is 13.2 Å². The second-order valence-corrected chi connectivity index (χ2v) is 6.61. The largest absolute Gasteiger partial charge is 0.462 e. The lowest BCUT2D eigenvalue weighted by Gasteiger charge is -2.12. The van der Waals surface area contributed by atoms with E-state index in [1.54, 1.807) is 13.8 Å². The molecular formula is C12H15Cl2NO4S. The summed E-state index contributed by atoms with van der Waals surface area (Å²) in [4.78, 5) is 11.7. The topological polar surface area (TPSA) is 72.5 Å².